The summed E-state index contributed by atoms with van der Waals surface area (Å²) in [7, 11) is 0. The average molecular weight is 354 g/mol. The van der Waals surface area contributed by atoms with E-state index < -0.39 is 11.0 Å². The highest BCUT2D eigenvalue weighted by atomic mass is 35.5. The fourth-order valence-electron chi connectivity index (χ4n) is 3.13. The zero-order valence-electron chi connectivity index (χ0n) is 14.5. The first kappa shape index (κ1) is 17.4. The number of halogens is 1. The maximum Gasteiger partial charge on any atom is 0.173 e. The lowest BCUT2D eigenvalue weighted by Crippen LogP contribution is -2.49. The van der Waals surface area contributed by atoms with Crippen molar-refractivity contribution < 1.29 is 4.79 Å². The zero-order chi connectivity index (χ0) is 18.1. The van der Waals surface area contributed by atoms with Crippen molar-refractivity contribution in [2.24, 2.45) is 5.41 Å². The van der Waals surface area contributed by atoms with Gasteiger partial charge in [0.2, 0.25) is 0 Å². The van der Waals surface area contributed by atoms with Crippen LogP contribution in [0.2, 0.25) is 5.02 Å². The number of hydrogen-bond acceptors (Lipinski definition) is 3. The van der Waals surface area contributed by atoms with Crippen molar-refractivity contribution in [3.8, 4) is 0 Å². The summed E-state index contributed by atoms with van der Waals surface area (Å²) in [5.74, 6) is 0.0494. The average Bonchev–Trinajstić information content (AvgIpc) is 3.12. The van der Waals surface area contributed by atoms with E-state index in [4.69, 9.17) is 11.6 Å². The Morgan fingerprint density at radius 1 is 0.880 bits per heavy atom. The highest BCUT2D eigenvalue weighted by Gasteiger charge is 2.48. The predicted octanol–water partition coefficient (Wildman–Crippen LogP) is 4.34. The molecular formula is C20H20ClN3O. The minimum Gasteiger partial charge on any atom is -0.298 e. The number of hydrogen-bond donors (Lipinski definition) is 0. The summed E-state index contributed by atoms with van der Waals surface area (Å²) in [5, 5.41) is 8.53. The topological polar surface area (TPSA) is 47.8 Å². The summed E-state index contributed by atoms with van der Waals surface area (Å²) in [6.07, 6.45) is 3.18. The molecule has 0 aliphatic rings. The number of nitrogens with zero attached hydrogens (tertiary/aromatic N) is 3. The number of rotatable bonds is 4. The number of carbonyl (C=O) groups excluding carboxylic acids is 1. The monoisotopic (exact) mass is 353 g/mol. The second-order valence-corrected chi connectivity index (χ2v) is 7.47. The molecule has 0 aliphatic carbocycles. The van der Waals surface area contributed by atoms with Gasteiger partial charge in [-0.2, -0.15) is 0 Å². The third kappa shape index (κ3) is 2.98. The van der Waals surface area contributed by atoms with Crippen molar-refractivity contribution >= 4 is 17.4 Å². The Labute approximate surface area is 152 Å². The number of aromatic nitrogens is 3. The second kappa shape index (κ2) is 6.45. The number of carbonyl (C=O) groups is 1. The molecule has 0 fully saturated rings. The van der Waals surface area contributed by atoms with Gasteiger partial charge in [-0.1, -0.05) is 74.8 Å². The SMILES string of the molecule is CC(C)(C)C(=O)C(c1ccccc1)(c1ccc(Cl)cc1)n1cnnc1. The van der Waals surface area contributed by atoms with Crippen LogP contribution in [0.25, 0.3) is 0 Å². The Bertz CT molecular complexity index is 852. The zero-order valence-corrected chi connectivity index (χ0v) is 15.2. The molecule has 3 aromatic rings. The molecule has 2 aromatic carbocycles. The second-order valence-electron chi connectivity index (χ2n) is 7.03. The van der Waals surface area contributed by atoms with Gasteiger partial charge in [-0.15, -0.1) is 10.2 Å². The maximum absolute atomic E-state index is 13.8. The first-order chi connectivity index (χ1) is 11.9. The first-order valence-electron chi connectivity index (χ1n) is 8.08. The van der Waals surface area contributed by atoms with E-state index in [0.29, 0.717) is 5.02 Å². The summed E-state index contributed by atoms with van der Waals surface area (Å²) < 4.78 is 1.78. The molecule has 1 heterocycles. The van der Waals surface area contributed by atoms with Gasteiger partial charge in [-0.3, -0.25) is 9.36 Å². The van der Waals surface area contributed by atoms with E-state index in [-0.39, 0.29) is 5.78 Å². The molecule has 0 N–H and O–H groups in total. The maximum atomic E-state index is 13.8. The van der Waals surface area contributed by atoms with Crippen molar-refractivity contribution in [3.63, 3.8) is 0 Å². The number of ketones is 1. The molecule has 1 unspecified atom stereocenters. The van der Waals surface area contributed by atoms with Gasteiger partial charge in [-0.05, 0) is 23.3 Å². The summed E-state index contributed by atoms with van der Waals surface area (Å²) >= 11 is 6.09. The molecule has 3 rings (SSSR count). The van der Waals surface area contributed by atoms with E-state index in [2.05, 4.69) is 10.2 Å². The lowest BCUT2D eigenvalue weighted by molar-refractivity contribution is -0.131. The molecule has 25 heavy (non-hydrogen) atoms. The van der Waals surface area contributed by atoms with E-state index in [9.17, 15) is 4.79 Å². The Morgan fingerprint density at radius 3 is 1.92 bits per heavy atom. The molecule has 1 atom stereocenters. The van der Waals surface area contributed by atoms with Crippen LogP contribution in [-0.4, -0.2) is 20.5 Å². The molecule has 4 nitrogen and oxygen atoms in total. The predicted molar refractivity (Wildman–Crippen MR) is 98.6 cm³/mol. The van der Waals surface area contributed by atoms with E-state index in [1.54, 1.807) is 29.4 Å². The minimum absolute atomic E-state index is 0.0494. The molecule has 0 amide bonds. The molecule has 1 aromatic heterocycles. The summed E-state index contributed by atoms with van der Waals surface area (Å²) in [6.45, 7) is 5.77. The molecule has 0 saturated carbocycles. The van der Waals surface area contributed by atoms with Crippen LogP contribution < -0.4 is 0 Å². The fourth-order valence-corrected chi connectivity index (χ4v) is 3.26. The molecule has 5 heteroatoms. The smallest absolute Gasteiger partial charge is 0.173 e. The normalized spacial score (nSPS) is 14.1. The van der Waals surface area contributed by atoms with Crippen LogP contribution in [0.4, 0.5) is 0 Å². The highest BCUT2D eigenvalue weighted by molar-refractivity contribution is 6.30. The molecule has 0 bridgehead atoms. The number of benzene rings is 2. The van der Waals surface area contributed by atoms with Crippen molar-refractivity contribution in [1.82, 2.24) is 14.8 Å². The van der Waals surface area contributed by atoms with Crippen LogP contribution in [0, 0.1) is 5.41 Å². The molecule has 0 aliphatic heterocycles. The van der Waals surface area contributed by atoms with Crippen LogP contribution in [0.1, 0.15) is 31.9 Å². The van der Waals surface area contributed by atoms with Gasteiger partial charge in [0.05, 0.1) is 0 Å². The van der Waals surface area contributed by atoms with Crippen molar-refractivity contribution in [2.75, 3.05) is 0 Å². The molecule has 0 saturated heterocycles. The van der Waals surface area contributed by atoms with E-state index in [1.165, 1.54) is 0 Å². The van der Waals surface area contributed by atoms with Gasteiger partial charge in [0.15, 0.2) is 11.3 Å². The van der Waals surface area contributed by atoms with Gasteiger partial charge in [0.1, 0.15) is 12.7 Å². The Balaban J connectivity index is 2.40. The van der Waals surface area contributed by atoms with Gasteiger partial charge in [-0.25, -0.2) is 0 Å². The van der Waals surface area contributed by atoms with Gasteiger partial charge < -0.3 is 0 Å². The van der Waals surface area contributed by atoms with Gasteiger partial charge in [0.25, 0.3) is 0 Å². The van der Waals surface area contributed by atoms with Gasteiger partial charge in [0, 0.05) is 10.4 Å². The molecule has 128 valence electrons. The molecular weight excluding hydrogens is 334 g/mol. The lowest BCUT2D eigenvalue weighted by atomic mass is 9.70. The van der Waals surface area contributed by atoms with Crippen molar-refractivity contribution in [1.29, 1.82) is 0 Å². The van der Waals surface area contributed by atoms with Crippen LogP contribution in [0.5, 0.6) is 0 Å². The van der Waals surface area contributed by atoms with E-state index in [1.807, 2.05) is 63.2 Å². The highest BCUT2D eigenvalue weighted by Crippen LogP contribution is 2.40. The molecule has 0 spiro atoms. The third-order valence-electron chi connectivity index (χ3n) is 4.27. The van der Waals surface area contributed by atoms with Crippen molar-refractivity contribution in [3.05, 3.63) is 83.4 Å². The number of Topliss-reactive ketones (excluding diaryl/α,β-unsaturated/α-hetero) is 1. The van der Waals surface area contributed by atoms with Crippen LogP contribution in [0.3, 0.4) is 0 Å². The largest absolute Gasteiger partial charge is 0.298 e. The van der Waals surface area contributed by atoms with Crippen LogP contribution >= 0.6 is 11.6 Å². The summed E-state index contributed by atoms with van der Waals surface area (Å²) in [4.78, 5) is 13.8. The lowest BCUT2D eigenvalue weighted by Gasteiger charge is -2.39. The first-order valence-corrected chi connectivity index (χ1v) is 8.46. The third-order valence-corrected chi connectivity index (χ3v) is 4.52. The van der Waals surface area contributed by atoms with Crippen LogP contribution in [0.15, 0.2) is 67.3 Å². The molecule has 0 radical (unpaired) electrons. The summed E-state index contributed by atoms with van der Waals surface area (Å²) in [6, 6.07) is 17.1. The van der Waals surface area contributed by atoms with Crippen molar-refractivity contribution in [2.45, 2.75) is 26.3 Å². The fraction of sp³-hybridized carbons (Fsp3) is 0.250. The van der Waals surface area contributed by atoms with E-state index >= 15 is 0 Å². The van der Waals surface area contributed by atoms with Gasteiger partial charge >= 0.3 is 0 Å². The quantitative estimate of drug-likeness (QED) is 0.701. The minimum atomic E-state index is -1.06. The van der Waals surface area contributed by atoms with E-state index in [0.717, 1.165) is 11.1 Å². The standard InChI is InChI=1S/C20H20ClN3O/c1-19(2,3)18(25)20(24-13-22-23-14-24,15-7-5-4-6-8-15)16-9-11-17(21)12-10-16/h4-14H,1-3H3. The Hall–Kier alpha value is -2.46. The Morgan fingerprint density at radius 2 is 1.40 bits per heavy atom. The summed E-state index contributed by atoms with van der Waals surface area (Å²) in [5.41, 5.74) is 0.0349. The van der Waals surface area contributed by atoms with Crippen LogP contribution in [-0.2, 0) is 10.3 Å². The Kier molecular flexibility index (Phi) is 4.48.